The Morgan fingerprint density at radius 1 is 1.07 bits per heavy atom. The van der Waals surface area contributed by atoms with Crippen LogP contribution >= 0.6 is 0 Å². The van der Waals surface area contributed by atoms with E-state index < -0.39 is 17.4 Å². The highest BCUT2D eigenvalue weighted by molar-refractivity contribution is 6.10. The van der Waals surface area contributed by atoms with Gasteiger partial charge in [-0.25, -0.2) is 9.97 Å². The molecule has 12 nitrogen and oxygen atoms in total. The third-order valence-electron chi connectivity index (χ3n) is 8.27. The molecule has 0 spiro atoms. The lowest BCUT2D eigenvalue weighted by molar-refractivity contribution is -0.148. The fourth-order valence-electron chi connectivity index (χ4n) is 6.20. The number of ether oxygens (including phenoxy) is 2. The molecule has 4 heterocycles. The molecule has 2 aromatic heterocycles. The van der Waals surface area contributed by atoms with Crippen LogP contribution in [0.1, 0.15) is 43.4 Å². The van der Waals surface area contributed by atoms with Crippen molar-refractivity contribution in [1.29, 1.82) is 0 Å². The third-order valence-corrected chi connectivity index (χ3v) is 8.27. The summed E-state index contributed by atoms with van der Waals surface area (Å²) < 4.78 is 13.1. The molecule has 1 aromatic carbocycles. The van der Waals surface area contributed by atoms with Crippen LogP contribution in [0.4, 0.5) is 5.82 Å². The summed E-state index contributed by atoms with van der Waals surface area (Å²) in [6, 6.07) is 7.56. The van der Waals surface area contributed by atoms with Gasteiger partial charge in [0.15, 0.2) is 17.0 Å². The lowest BCUT2D eigenvalue weighted by atomic mass is 9.85. The minimum atomic E-state index is -1.57. The Morgan fingerprint density at radius 2 is 1.88 bits per heavy atom. The van der Waals surface area contributed by atoms with E-state index in [2.05, 4.69) is 20.2 Å². The molecule has 2 amide bonds. The van der Waals surface area contributed by atoms with E-state index in [-0.39, 0.29) is 19.1 Å². The zero-order valence-corrected chi connectivity index (χ0v) is 23.3. The van der Waals surface area contributed by atoms with Gasteiger partial charge >= 0.3 is 0 Å². The van der Waals surface area contributed by atoms with E-state index in [4.69, 9.17) is 20.2 Å². The minimum Gasteiger partial charge on any atom is -0.486 e. The number of hydrogen-bond acceptors (Lipinski definition) is 9. The zero-order chi connectivity index (χ0) is 28.4. The molecule has 1 saturated carbocycles. The first-order chi connectivity index (χ1) is 19.9. The van der Waals surface area contributed by atoms with Gasteiger partial charge in [0, 0.05) is 49.8 Å². The number of aryl methyl sites for hydroxylation is 1. The molecule has 1 unspecified atom stereocenters. The van der Waals surface area contributed by atoms with E-state index in [1.807, 2.05) is 36.1 Å². The van der Waals surface area contributed by atoms with Crippen molar-refractivity contribution in [3.05, 3.63) is 54.2 Å². The number of nitrogens with one attached hydrogen (secondary N) is 1. The Morgan fingerprint density at radius 3 is 2.63 bits per heavy atom. The van der Waals surface area contributed by atoms with Crippen LogP contribution in [0.25, 0.3) is 5.95 Å². The summed E-state index contributed by atoms with van der Waals surface area (Å²) in [5.74, 6) is 1.37. The van der Waals surface area contributed by atoms with Gasteiger partial charge in [-0.1, -0.05) is 25.3 Å². The molecule has 1 atom stereocenters. The highest BCUT2D eigenvalue weighted by Crippen LogP contribution is 2.34. The molecule has 12 heteroatoms. The van der Waals surface area contributed by atoms with E-state index in [9.17, 15) is 9.59 Å². The first-order valence-corrected chi connectivity index (χ1v) is 14.3. The Hall–Kier alpha value is -4.19. The summed E-state index contributed by atoms with van der Waals surface area (Å²) in [6.07, 6.45) is 10.2. The minimum absolute atomic E-state index is 0.0889. The average Bonchev–Trinajstić information content (AvgIpc) is 3.55. The largest absolute Gasteiger partial charge is 0.486 e. The van der Waals surface area contributed by atoms with Crippen molar-refractivity contribution in [2.24, 2.45) is 5.73 Å². The molecular weight excluding hydrogens is 524 g/mol. The summed E-state index contributed by atoms with van der Waals surface area (Å²) in [5.41, 5.74) is 6.23. The molecule has 0 bridgehead atoms. The number of nitrogens with two attached hydrogens (primary N) is 1. The summed E-state index contributed by atoms with van der Waals surface area (Å²) in [6.45, 7) is 4.30. The van der Waals surface area contributed by atoms with E-state index in [0.717, 1.165) is 43.4 Å². The number of fused-ring (bicyclic) bond motifs is 1. The highest BCUT2D eigenvalue weighted by Gasteiger charge is 2.55. The quantitative estimate of drug-likeness (QED) is 0.414. The summed E-state index contributed by atoms with van der Waals surface area (Å²) in [5, 5.41) is 3.03. The van der Waals surface area contributed by atoms with Crippen molar-refractivity contribution in [3.63, 3.8) is 0 Å². The maximum atomic E-state index is 14.2. The number of benzene rings is 1. The van der Waals surface area contributed by atoms with Gasteiger partial charge < -0.3 is 25.4 Å². The van der Waals surface area contributed by atoms with E-state index in [1.165, 1.54) is 0 Å². The zero-order valence-electron chi connectivity index (χ0n) is 23.3. The number of piperazine rings is 1. The van der Waals surface area contributed by atoms with Gasteiger partial charge in [-0.05, 0) is 37.5 Å². The van der Waals surface area contributed by atoms with Gasteiger partial charge in [0.25, 0.3) is 5.91 Å². The van der Waals surface area contributed by atoms with Gasteiger partial charge in [0.1, 0.15) is 25.4 Å². The van der Waals surface area contributed by atoms with Crippen LogP contribution in [0.15, 0.2) is 43.0 Å². The maximum Gasteiger partial charge on any atom is 0.252 e. The predicted molar refractivity (Wildman–Crippen MR) is 151 cm³/mol. The molecule has 6 rings (SSSR count). The molecule has 1 aliphatic carbocycles. The maximum absolute atomic E-state index is 14.2. The molecular formula is C29H36N8O4. The Labute approximate surface area is 238 Å². The first kappa shape index (κ1) is 27.0. The van der Waals surface area contributed by atoms with Crippen molar-refractivity contribution in [2.75, 3.05) is 37.7 Å². The molecule has 3 aliphatic rings. The van der Waals surface area contributed by atoms with Crippen molar-refractivity contribution < 1.29 is 19.1 Å². The first-order valence-electron chi connectivity index (χ1n) is 14.3. The summed E-state index contributed by atoms with van der Waals surface area (Å²) >= 11 is 0. The average molecular weight is 561 g/mol. The fraction of sp³-hybridized carbons (Fsp3) is 0.483. The van der Waals surface area contributed by atoms with Gasteiger partial charge in [-0.15, -0.1) is 0 Å². The van der Waals surface area contributed by atoms with Crippen LogP contribution in [0.2, 0.25) is 0 Å². The van der Waals surface area contributed by atoms with E-state index in [1.54, 1.807) is 23.3 Å². The van der Waals surface area contributed by atoms with Crippen molar-refractivity contribution >= 4 is 17.6 Å². The monoisotopic (exact) mass is 560 g/mol. The van der Waals surface area contributed by atoms with E-state index in [0.29, 0.717) is 49.6 Å². The molecule has 3 N–H and O–H groups in total. The smallest absolute Gasteiger partial charge is 0.252 e. The number of rotatable bonds is 7. The molecule has 3 aromatic rings. The second kappa shape index (κ2) is 11.4. The number of carbonyl (C=O) groups is 2. The molecule has 2 aliphatic heterocycles. The lowest BCUT2D eigenvalue weighted by Gasteiger charge is -2.51. The SMILES string of the molecule is Cc1cc(N2CCN(C3CCCCC3)C(C(N)=O)(C(=O)NCc3ccc4c(c3)OCCO4)C2)nc(-n2ccnc2)n1. The standard InChI is InChI=1S/C29H36N8O4/c1-20-15-25(34-28(33-20)36-10-9-31-19-36)35-11-12-37(22-5-3-2-4-6-22)29(18-35,26(30)38)27(39)32-17-21-7-8-23-24(16-21)41-14-13-40-23/h7-10,15-16,19,22H,2-6,11-14,17-18H2,1H3,(H2,30,38)(H,32,39). The number of primary amides is 1. The van der Waals surface area contributed by atoms with Gasteiger partial charge in [-0.3, -0.25) is 19.1 Å². The number of amides is 2. The Balaban J connectivity index is 1.31. The highest BCUT2D eigenvalue weighted by atomic mass is 16.6. The molecule has 1 saturated heterocycles. The van der Waals surface area contributed by atoms with Crippen LogP contribution in [-0.2, 0) is 16.1 Å². The number of imidazole rings is 1. The predicted octanol–water partition coefficient (Wildman–Crippen LogP) is 1.74. The van der Waals surface area contributed by atoms with Crippen LogP contribution in [0.5, 0.6) is 11.5 Å². The molecule has 2 fully saturated rings. The number of aromatic nitrogens is 4. The Bertz CT molecular complexity index is 1410. The summed E-state index contributed by atoms with van der Waals surface area (Å²) in [4.78, 5) is 45.1. The number of carbonyl (C=O) groups excluding carboxylic acids is 2. The van der Waals surface area contributed by atoms with Crippen LogP contribution in [0, 0.1) is 6.92 Å². The topological polar surface area (TPSA) is 141 Å². The second-order valence-electron chi connectivity index (χ2n) is 10.9. The van der Waals surface area contributed by atoms with Crippen LogP contribution in [-0.4, -0.2) is 80.7 Å². The van der Waals surface area contributed by atoms with Crippen LogP contribution < -0.4 is 25.4 Å². The van der Waals surface area contributed by atoms with Crippen molar-refractivity contribution in [1.82, 2.24) is 29.7 Å². The Kier molecular flexibility index (Phi) is 7.48. The number of hydrogen-bond donors (Lipinski definition) is 2. The van der Waals surface area contributed by atoms with Crippen molar-refractivity contribution in [3.8, 4) is 17.4 Å². The molecule has 216 valence electrons. The number of anilines is 1. The van der Waals surface area contributed by atoms with E-state index >= 15 is 0 Å². The normalized spacial score (nSPS) is 21.4. The second-order valence-corrected chi connectivity index (χ2v) is 10.9. The van der Waals surface area contributed by atoms with Crippen molar-refractivity contribution in [2.45, 2.75) is 57.2 Å². The molecule has 0 radical (unpaired) electrons. The summed E-state index contributed by atoms with van der Waals surface area (Å²) in [7, 11) is 0. The third kappa shape index (κ3) is 5.31. The van der Waals surface area contributed by atoms with Gasteiger partial charge in [-0.2, -0.15) is 4.98 Å². The van der Waals surface area contributed by atoms with Gasteiger partial charge in [0.05, 0.1) is 6.54 Å². The fourth-order valence-corrected chi connectivity index (χ4v) is 6.20. The lowest BCUT2D eigenvalue weighted by Crippen LogP contribution is -2.75. The van der Waals surface area contributed by atoms with Crippen LogP contribution in [0.3, 0.4) is 0 Å². The molecule has 41 heavy (non-hydrogen) atoms. The van der Waals surface area contributed by atoms with Gasteiger partial charge in [0.2, 0.25) is 11.9 Å². The number of nitrogens with zero attached hydrogens (tertiary/aromatic N) is 6.